The smallest absolute Gasteiger partial charge is 0.0517 e. The number of aliphatic carboxylic acids is 1. The SMILES string of the molecule is Cc1ccc(C)c(SCC(=O)[O-])c1. The molecule has 0 heterocycles. The minimum Gasteiger partial charge on any atom is -0.549 e. The predicted molar refractivity (Wildman–Crippen MR) is 51.6 cm³/mol. The molecule has 0 amide bonds. The normalized spacial score (nSPS) is 10.0. The Morgan fingerprint density at radius 3 is 2.77 bits per heavy atom. The largest absolute Gasteiger partial charge is 0.549 e. The highest BCUT2D eigenvalue weighted by atomic mass is 32.2. The summed E-state index contributed by atoms with van der Waals surface area (Å²) in [5, 5.41) is 10.2. The van der Waals surface area contributed by atoms with Crippen LogP contribution in [-0.4, -0.2) is 11.7 Å². The van der Waals surface area contributed by atoms with Gasteiger partial charge in [-0.3, -0.25) is 0 Å². The maximum atomic E-state index is 10.2. The molecule has 0 spiro atoms. The van der Waals surface area contributed by atoms with Crippen molar-refractivity contribution in [2.45, 2.75) is 18.7 Å². The summed E-state index contributed by atoms with van der Waals surface area (Å²) in [6, 6.07) is 5.99. The lowest BCUT2D eigenvalue weighted by molar-refractivity contribution is -0.301. The van der Waals surface area contributed by atoms with Gasteiger partial charge in [-0.25, -0.2) is 0 Å². The van der Waals surface area contributed by atoms with Gasteiger partial charge >= 0.3 is 0 Å². The minimum atomic E-state index is -1.02. The van der Waals surface area contributed by atoms with Crippen LogP contribution in [0, 0.1) is 13.8 Å². The highest BCUT2D eigenvalue weighted by molar-refractivity contribution is 8.00. The Bertz CT molecular complexity index is 321. The molecule has 0 saturated carbocycles. The van der Waals surface area contributed by atoms with Crippen molar-refractivity contribution in [2.75, 3.05) is 5.75 Å². The Hall–Kier alpha value is -0.960. The second-order valence-electron chi connectivity index (χ2n) is 2.93. The Labute approximate surface area is 82.0 Å². The second-order valence-corrected chi connectivity index (χ2v) is 3.95. The zero-order valence-corrected chi connectivity index (χ0v) is 8.48. The van der Waals surface area contributed by atoms with Gasteiger partial charge in [0.25, 0.3) is 0 Å². The zero-order chi connectivity index (χ0) is 9.84. The third kappa shape index (κ3) is 3.11. The molecule has 0 aromatic heterocycles. The lowest BCUT2D eigenvalue weighted by atomic mass is 10.2. The maximum absolute atomic E-state index is 10.2. The van der Waals surface area contributed by atoms with E-state index in [4.69, 9.17) is 0 Å². The van der Waals surface area contributed by atoms with Gasteiger partial charge < -0.3 is 9.90 Å². The molecule has 0 bridgehead atoms. The number of carboxylic acid groups (broad SMARTS) is 1. The summed E-state index contributed by atoms with van der Waals surface area (Å²) in [4.78, 5) is 11.3. The molecule has 13 heavy (non-hydrogen) atoms. The van der Waals surface area contributed by atoms with Crippen molar-refractivity contribution in [1.82, 2.24) is 0 Å². The molecular formula is C10H11O2S-. The highest BCUT2D eigenvalue weighted by Gasteiger charge is 1.98. The Kier molecular flexibility index (Phi) is 3.37. The van der Waals surface area contributed by atoms with E-state index in [0.717, 1.165) is 16.0 Å². The predicted octanol–water partition coefficient (Wildman–Crippen LogP) is 1.15. The van der Waals surface area contributed by atoms with Gasteiger partial charge in [-0.05, 0) is 25.5 Å². The summed E-state index contributed by atoms with van der Waals surface area (Å²) < 4.78 is 0. The molecule has 0 N–H and O–H groups in total. The van der Waals surface area contributed by atoms with Crippen LogP contribution in [0.3, 0.4) is 0 Å². The van der Waals surface area contributed by atoms with E-state index >= 15 is 0 Å². The highest BCUT2D eigenvalue weighted by Crippen LogP contribution is 2.22. The van der Waals surface area contributed by atoms with Crippen LogP contribution in [0.25, 0.3) is 0 Å². The van der Waals surface area contributed by atoms with Crippen LogP contribution in [-0.2, 0) is 4.79 Å². The fourth-order valence-electron chi connectivity index (χ4n) is 0.999. The summed E-state index contributed by atoms with van der Waals surface area (Å²) in [6.07, 6.45) is 0. The molecule has 0 unspecified atom stereocenters. The van der Waals surface area contributed by atoms with Crippen LogP contribution in [0.1, 0.15) is 11.1 Å². The van der Waals surface area contributed by atoms with Gasteiger partial charge in [0.15, 0.2) is 0 Å². The molecule has 3 heteroatoms. The molecule has 0 fully saturated rings. The molecule has 1 rings (SSSR count). The van der Waals surface area contributed by atoms with E-state index in [9.17, 15) is 9.90 Å². The molecule has 0 aliphatic heterocycles. The fraction of sp³-hybridized carbons (Fsp3) is 0.300. The standard InChI is InChI=1S/C10H12O2S/c1-7-3-4-8(2)9(5-7)13-6-10(11)12/h3-5H,6H2,1-2H3,(H,11,12)/p-1. The van der Waals surface area contributed by atoms with Gasteiger partial charge in [-0.1, -0.05) is 17.7 Å². The summed E-state index contributed by atoms with van der Waals surface area (Å²) in [6.45, 7) is 3.96. The first-order chi connectivity index (χ1) is 6.09. The molecule has 70 valence electrons. The number of benzene rings is 1. The first-order valence-electron chi connectivity index (χ1n) is 3.99. The third-order valence-electron chi connectivity index (χ3n) is 1.69. The van der Waals surface area contributed by atoms with Crippen LogP contribution in [0.15, 0.2) is 23.1 Å². The molecule has 1 aromatic rings. The molecule has 1 aromatic carbocycles. The van der Waals surface area contributed by atoms with E-state index in [0.29, 0.717) is 0 Å². The van der Waals surface area contributed by atoms with Crippen molar-refractivity contribution in [2.24, 2.45) is 0 Å². The number of carboxylic acids is 1. The van der Waals surface area contributed by atoms with E-state index in [1.807, 2.05) is 32.0 Å². The summed E-state index contributed by atoms with van der Waals surface area (Å²) >= 11 is 1.31. The van der Waals surface area contributed by atoms with E-state index in [2.05, 4.69) is 0 Å². The lowest BCUT2D eigenvalue weighted by Gasteiger charge is -2.06. The number of hydrogen-bond donors (Lipinski definition) is 0. The van der Waals surface area contributed by atoms with Gasteiger partial charge in [0, 0.05) is 10.6 Å². The van der Waals surface area contributed by atoms with Crippen LogP contribution in [0.4, 0.5) is 0 Å². The van der Waals surface area contributed by atoms with Crippen LogP contribution >= 0.6 is 11.8 Å². The summed E-state index contributed by atoms with van der Waals surface area (Å²) in [5.74, 6) is -1.00. The first-order valence-corrected chi connectivity index (χ1v) is 4.98. The average Bonchev–Trinajstić information content (AvgIpc) is 2.06. The van der Waals surface area contributed by atoms with Crippen molar-refractivity contribution in [1.29, 1.82) is 0 Å². The topological polar surface area (TPSA) is 40.1 Å². The Morgan fingerprint density at radius 2 is 2.15 bits per heavy atom. The second kappa shape index (κ2) is 4.33. The third-order valence-corrected chi connectivity index (χ3v) is 2.82. The van der Waals surface area contributed by atoms with E-state index < -0.39 is 5.97 Å². The number of rotatable bonds is 3. The minimum absolute atomic E-state index is 0.0181. The number of carbonyl (C=O) groups excluding carboxylic acids is 1. The molecular weight excluding hydrogens is 184 g/mol. The summed E-state index contributed by atoms with van der Waals surface area (Å²) in [7, 11) is 0. The average molecular weight is 195 g/mol. The quantitative estimate of drug-likeness (QED) is 0.679. The molecule has 0 atom stereocenters. The van der Waals surface area contributed by atoms with Crippen molar-refractivity contribution in [3.8, 4) is 0 Å². The van der Waals surface area contributed by atoms with E-state index in [1.165, 1.54) is 11.8 Å². The van der Waals surface area contributed by atoms with Crippen molar-refractivity contribution in [3.05, 3.63) is 29.3 Å². The van der Waals surface area contributed by atoms with Gasteiger partial charge in [-0.2, -0.15) is 0 Å². The van der Waals surface area contributed by atoms with Crippen molar-refractivity contribution in [3.63, 3.8) is 0 Å². The van der Waals surface area contributed by atoms with Crippen LogP contribution in [0.2, 0.25) is 0 Å². The van der Waals surface area contributed by atoms with Crippen LogP contribution < -0.4 is 5.11 Å². The van der Waals surface area contributed by atoms with Crippen molar-refractivity contribution >= 4 is 17.7 Å². The first kappa shape index (κ1) is 10.1. The van der Waals surface area contributed by atoms with Gasteiger partial charge in [0.2, 0.25) is 0 Å². The van der Waals surface area contributed by atoms with Crippen molar-refractivity contribution < 1.29 is 9.90 Å². The monoisotopic (exact) mass is 195 g/mol. The van der Waals surface area contributed by atoms with Gasteiger partial charge in [-0.15, -0.1) is 11.8 Å². The molecule has 0 saturated heterocycles. The lowest BCUT2D eigenvalue weighted by Crippen LogP contribution is -2.24. The fourth-order valence-corrected chi connectivity index (χ4v) is 1.84. The molecule has 0 radical (unpaired) electrons. The number of hydrogen-bond acceptors (Lipinski definition) is 3. The Balaban J connectivity index is 2.75. The molecule has 0 aliphatic carbocycles. The maximum Gasteiger partial charge on any atom is 0.0517 e. The van der Waals surface area contributed by atoms with Gasteiger partial charge in [0.1, 0.15) is 0 Å². The number of carbonyl (C=O) groups is 1. The number of aryl methyl sites for hydroxylation is 2. The molecule has 0 aliphatic rings. The van der Waals surface area contributed by atoms with E-state index in [-0.39, 0.29) is 5.75 Å². The van der Waals surface area contributed by atoms with Gasteiger partial charge in [0.05, 0.1) is 5.97 Å². The Morgan fingerprint density at radius 1 is 1.46 bits per heavy atom. The van der Waals surface area contributed by atoms with E-state index in [1.54, 1.807) is 0 Å². The summed E-state index contributed by atoms with van der Waals surface area (Å²) in [5.41, 5.74) is 2.25. The number of thioether (sulfide) groups is 1. The molecule has 2 nitrogen and oxygen atoms in total. The van der Waals surface area contributed by atoms with Crippen LogP contribution in [0.5, 0.6) is 0 Å². The zero-order valence-electron chi connectivity index (χ0n) is 7.66.